The Hall–Kier alpha value is -2.65. The zero-order chi connectivity index (χ0) is 19.8. The van der Waals surface area contributed by atoms with E-state index in [4.69, 9.17) is 4.74 Å². The molecular formula is C25H23BrO2. The van der Waals surface area contributed by atoms with Gasteiger partial charge in [0.05, 0.1) is 5.56 Å². The van der Waals surface area contributed by atoms with Gasteiger partial charge in [-0.3, -0.25) is 0 Å². The first-order valence-electron chi connectivity index (χ1n) is 9.36. The van der Waals surface area contributed by atoms with E-state index in [0.29, 0.717) is 12.0 Å². The van der Waals surface area contributed by atoms with Crippen molar-refractivity contribution < 1.29 is 9.53 Å². The molecule has 28 heavy (non-hydrogen) atoms. The van der Waals surface area contributed by atoms with Gasteiger partial charge < -0.3 is 4.74 Å². The third kappa shape index (κ3) is 5.93. The average molecular weight is 435 g/mol. The molecule has 142 valence electrons. The van der Waals surface area contributed by atoms with Gasteiger partial charge >= 0.3 is 5.97 Å². The van der Waals surface area contributed by atoms with Crippen molar-refractivity contribution in [3.8, 4) is 0 Å². The molecule has 3 rings (SSSR count). The van der Waals surface area contributed by atoms with Crippen LogP contribution in [0.3, 0.4) is 0 Å². The molecule has 0 bridgehead atoms. The number of ether oxygens (including phenoxy) is 1. The van der Waals surface area contributed by atoms with Crippen LogP contribution in [-0.4, -0.2) is 12.1 Å². The maximum Gasteiger partial charge on any atom is 0.338 e. The molecule has 0 N–H and O–H groups in total. The minimum atomic E-state index is -0.313. The predicted molar refractivity (Wildman–Crippen MR) is 118 cm³/mol. The second-order valence-corrected chi connectivity index (χ2v) is 7.68. The summed E-state index contributed by atoms with van der Waals surface area (Å²) in [5, 5.41) is 0. The summed E-state index contributed by atoms with van der Waals surface area (Å²) in [7, 11) is 0. The summed E-state index contributed by atoms with van der Waals surface area (Å²) in [6.07, 6.45) is 4.39. The maximum absolute atomic E-state index is 12.6. The number of hydrogen-bond donors (Lipinski definition) is 0. The Kier molecular flexibility index (Phi) is 7.21. The van der Waals surface area contributed by atoms with Gasteiger partial charge in [-0.15, -0.1) is 0 Å². The van der Waals surface area contributed by atoms with Crippen LogP contribution in [0.1, 0.15) is 40.7 Å². The molecule has 0 aliphatic heterocycles. The fourth-order valence-electron chi connectivity index (χ4n) is 3.00. The fraction of sp³-hybridized carbons (Fsp3) is 0.160. The van der Waals surface area contributed by atoms with E-state index in [1.54, 1.807) is 12.1 Å². The Balaban J connectivity index is 1.76. The first-order chi connectivity index (χ1) is 13.6. The van der Waals surface area contributed by atoms with Crippen LogP contribution in [0.25, 0.3) is 6.08 Å². The molecule has 0 amide bonds. The zero-order valence-electron chi connectivity index (χ0n) is 15.8. The number of esters is 1. The second kappa shape index (κ2) is 10.0. The molecule has 0 saturated heterocycles. The van der Waals surface area contributed by atoms with E-state index in [1.165, 1.54) is 5.56 Å². The predicted octanol–water partition coefficient (Wildman–Crippen LogP) is 6.88. The molecule has 0 aliphatic carbocycles. The Morgan fingerprint density at radius 1 is 0.929 bits per heavy atom. The number of carbonyl (C=O) groups excluding carboxylic acids is 1. The molecule has 3 aromatic rings. The molecule has 0 radical (unpaired) electrons. The van der Waals surface area contributed by atoms with Gasteiger partial charge in [0.2, 0.25) is 0 Å². The van der Waals surface area contributed by atoms with Crippen molar-refractivity contribution in [3.05, 3.63) is 112 Å². The quantitative estimate of drug-likeness (QED) is 0.378. The van der Waals surface area contributed by atoms with E-state index in [1.807, 2.05) is 72.8 Å². The molecular weight excluding hydrogens is 412 g/mol. The highest BCUT2D eigenvalue weighted by Gasteiger charge is 2.17. The van der Waals surface area contributed by atoms with Crippen molar-refractivity contribution in [2.24, 2.45) is 0 Å². The highest BCUT2D eigenvalue weighted by Crippen LogP contribution is 2.25. The molecule has 3 heteroatoms. The summed E-state index contributed by atoms with van der Waals surface area (Å²) in [4.78, 5) is 12.6. The van der Waals surface area contributed by atoms with Gasteiger partial charge in [-0.05, 0) is 53.8 Å². The molecule has 0 aromatic heterocycles. The van der Waals surface area contributed by atoms with E-state index in [0.717, 1.165) is 10.0 Å². The van der Waals surface area contributed by atoms with E-state index in [9.17, 15) is 4.79 Å². The summed E-state index contributed by atoms with van der Waals surface area (Å²) >= 11 is 3.47. The Labute approximate surface area is 175 Å². The molecule has 0 heterocycles. The van der Waals surface area contributed by atoms with E-state index in [-0.39, 0.29) is 18.0 Å². The summed E-state index contributed by atoms with van der Waals surface area (Å²) in [5.41, 5.74) is 2.87. The molecule has 1 unspecified atom stereocenters. The Morgan fingerprint density at radius 3 is 2.18 bits per heavy atom. The zero-order valence-corrected chi connectivity index (χ0v) is 17.4. The van der Waals surface area contributed by atoms with Crippen LogP contribution in [0.2, 0.25) is 0 Å². The normalized spacial score (nSPS) is 13.2. The van der Waals surface area contributed by atoms with E-state index >= 15 is 0 Å². The SMILES string of the molecule is CC(C[C@H](/C=C/c1ccccc1)OC(=O)c1ccccc1)c1ccc(Br)cc1. The summed E-state index contributed by atoms with van der Waals surface area (Å²) in [5.74, 6) is -0.0478. The van der Waals surface area contributed by atoms with Crippen LogP contribution in [0.15, 0.2) is 95.5 Å². The van der Waals surface area contributed by atoms with Gasteiger partial charge in [-0.25, -0.2) is 4.79 Å². The molecule has 3 aromatic carbocycles. The minimum absolute atomic E-state index is 0.252. The van der Waals surface area contributed by atoms with Gasteiger partial charge in [-0.1, -0.05) is 89.6 Å². The smallest absolute Gasteiger partial charge is 0.338 e. The standard InChI is InChI=1S/C25H23BrO2/c1-19(21-13-15-23(26)16-14-21)18-24(17-12-20-8-4-2-5-9-20)28-25(27)22-10-6-3-7-11-22/h2-17,19,24H,18H2,1H3/b17-12+/t19?,24-/m0/s1. The first kappa shape index (κ1) is 20.1. The van der Waals surface area contributed by atoms with Gasteiger partial charge in [0.15, 0.2) is 0 Å². The Morgan fingerprint density at radius 2 is 1.54 bits per heavy atom. The summed E-state index contributed by atoms with van der Waals surface area (Å²) < 4.78 is 6.89. The lowest BCUT2D eigenvalue weighted by Gasteiger charge is -2.19. The first-order valence-corrected chi connectivity index (χ1v) is 10.2. The number of hydrogen-bond acceptors (Lipinski definition) is 2. The van der Waals surface area contributed by atoms with Crippen molar-refractivity contribution in [3.63, 3.8) is 0 Å². The van der Waals surface area contributed by atoms with Gasteiger partial charge in [0.1, 0.15) is 6.10 Å². The van der Waals surface area contributed by atoms with Crippen molar-refractivity contribution in [2.45, 2.75) is 25.4 Å². The van der Waals surface area contributed by atoms with Crippen LogP contribution in [-0.2, 0) is 4.74 Å². The topological polar surface area (TPSA) is 26.3 Å². The van der Waals surface area contributed by atoms with Crippen molar-refractivity contribution in [1.82, 2.24) is 0 Å². The molecule has 2 atom stereocenters. The fourth-order valence-corrected chi connectivity index (χ4v) is 3.27. The van der Waals surface area contributed by atoms with Gasteiger partial charge in [-0.2, -0.15) is 0 Å². The Bertz CT molecular complexity index is 902. The molecule has 0 saturated carbocycles. The molecule has 0 aliphatic rings. The highest BCUT2D eigenvalue weighted by molar-refractivity contribution is 9.10. The highest BCUT2D eigenvalue weighted by atomic mass is 79.9. The molecule has 0 fully saturated rings. The third-order valence-electron chi connectivity index (χ3n) is 4.60. The molecule has 0 spiro atoms. The van der Waals surface area contributed by atoms with Crippen LogP contribution < -0.4 is 0 Å². The van der Waals surface area contributed by atoms with E-state index < -0.39 is 0 Å². The number of carbonyl (C=O) groups is 1. The van der Waals surface area contributed by atoms with E-state index in [2.05, 4.69) is 35.0 Å². The minimum Gasteiger partial charge on any atom is -0.455 e. The largest absolute Gasteiger partial charge is 0.455 e. The lowest BCUT2D eigenvalue weighted by atomic mass is 9.94. The second-order valence-electron chi connectivity index (χ2n) is 6.77. The van der Waals surface area contributed by atoms with Crippen LogP contribution in [0.4, 0.5) is 0 Å². The number of benzene rings is 3. The van der Waals surface area contributed by atoms with Gasteiger partial charge in [0, 0.05) is 4.47 Å². The average Bonchev–Trinajstić information content (AvgIpc) is 2.73. The van der Waals surface area contributed by atoms with Gasteiger partial charge in [0.25, 0.3) is 0 Å². The lowest BCUT2D eigenvalue weighted by molar-refractivity contribution is 0.0372. The third-order valence-corrected chi connectivity index (χ3v) is 5.12. The summed E-state index contributed by atoms with van der Waals surface area (Å²) in [6.45, 7) is 2.16. The van der Waals surface area contributed by atoms with Crippen molar-refractivity contribution >= 4 is 28.0 Å². The van der Waals surface area contributed by atoms with Crippen molar-refractivity contribution in [2.75, 3.05) is 0 Å². The lowest BCUT2D eigenvalue weighted by Crippen LogP contribution is -2.18. The molecule has 2 nitrogen and oxygen atoms in total. The number of rotatable bonds is 7. The maximum atomic E-state index is 12.6. The van der Waals surface area contributed by atoms with Crippen molar-refractivity contribution in [1.29, 1.82) is 0 Å². The summed E-state index contributed by atoms with van der Waals surface area (Å²) in [6, 6.07) is 27.5. The van der Waals surface area contributed by atoms with Crippen LogP contribution in [0, 0.1) is 0 Å². The van der Waals surface area contributed by atoms with Crippen LogP contribution >= 0.6 is 15.9 Å². The number of halogens is 1. The van der Waals surface area contributed by atoms with Crippen LogP contribution in [0.5, 0.6) is 0 Å². The monoisotopic (exact) mass is 434 g/mol.